The number of benzene rings is 1. The minimum atomic E-state index is -0.0580. The average molecular weight is 288 g/mol. The summed E-state index contributed by atoms with van der Waals surface area (Å²) in [7, 11) is 0. The van der Waals surface area contributed by atoms with Gasteiger partial charge in [-0.2, -0.15) is 0 Å². The number of likely N-dealkylation sites (tertiary alicyclic amines) is 1. The number of nitrogens with zero attached hydrogens (tertiary/aromatic N) is 1. The van der Waals surface area contributed by atoms with Gasteiger partial charge in [-0.15, -0.1) is 0 Å². The molecule has 1 atom stereocenters. The minimum absolute atomic E-state index is 0.0282. The molecule has 21 heavy (non-hydrogen) atoms. The molecule has 2 amide bonds. The maximum Gasteiger partial charge on any atom is 0.321 e. The van der Waals surface area contributed by atoms with E-state index in [4.69, 9.17) is 0 Å². The van der Waals surface area contributed by atoms with Gasteiger partial charge in [0.05, 0.1) is 0 Å². The number of Topliss-reactive ketones (excluding diaryl/α,β-unsaturated/α-hetero) is 1. The second-order valence-electron chi connectivity index (χ2n) is 6.86. The molecule has 1 aromatic rings. The van der Waals surface area contributed by atoms with Crippen LogP contribution in [0.15, 0.2) is 24.3 Å². The van der Waals surface area contributed by atoms with E-state index in [-0.39, 0.29) is 17.2 Å². The lowest BCUT2D eigenvalue weighted by Crippen LogP contribution is -2.34. The molecule has 1 fully saturated rings. The van der Waals surface area contributed by atoms with Crippen LogP contribution in [0.25, 0.3) is 0 Å². The number of rotatable bonds is 2. The second-order valence-corrected chi connectivity index (χ2v) is 6.86. The Bertz CT molecular complexity index is 529. The molecule has 1 N–H and O–H groups in total. The zero-order chi connectivity index (χ0) is 15.6. The maximum absolute atomic E-state index is 12.3. The highest BCUT2D eigenvalue weighted by Crippen LogP contribution is 2.33. The van der Waals surface area contributed by atoms with Crippen molar-refractivity contribution in [3.05, 3.63) is 29.8 Å². The number of nitrogens with one attached hydrogen (secondary N) is 1. The van der Waals surface area contributed by atoms with E-state index in [1.807, 2.05) is 4.90 Å². The van der Waals surface area contributed by atoms with Crippen molar-refractivity contribution in [2.75, 3.05) is 18.4 Å². The third-order valence-electron chi connectivity index (χ3n) is 4.24. The third-order valence-corrected chi connectivity index (χ3v) is 4.24. The van der Waals surface area contributed by atoms with Gasteiger partial charge in [0.15, 0.2) is 5.78 Å². The van der Waals surface area contributed by atoms with Crippen LogP contribution in [0.2, 0.25) is 0 Å². The van der Waals surface area contributed by atoms with Crippen LogP contribution in [0.4, 0.5) is 10.5 Å². The molecule has 4 heteroatoms. The molecule has 1 aliphatic heterocycles. The van der Waals surface area contributed by atoms with Crippen LogP contribution in [0, 0.1) is 11.3 Å². The Balaban J connectivity index is 1.95. The van der Waals surface area contributed by atoms with E-state index >= 15 is 0 Å². The standard InChI is InChI=1S/C17H24N2O2/c1-12(20)13-5-7-15(8-6-13)18-16(21)19-10-9-14(11-19)17(2,3)4/h5-8,14H,9-11H2,1-4H3,(H,18,21). The number of amides is 2. The van der Waals surface area contributed by atoms with Crippen LogP contribution in [-0.2, 0) is 0 Å². The third kappa shape index (κ3) is 3.84. The monoisotopic (exact) mass is 288 g/mol. The fourth-order valence-electron chi connectivity index (χ4n) is 2.64. The molecule has 1 saturated heterocycles. The summed E-state index contributed by atoms with van der Waals surface area (Å²) in [6.07, 6.45) is 1.06. The first kappa shape index (κ1) is 15.5. The number of carbonyl (C=O) groups is 2. The van der Waals surface area contributed by atoms with Crippen LogP contribution in [0.5, 0.6) is 0 Å². The molecular formula is C17H24N2O2. The predicted molar refractivity (Wildman–Crippen MR) is 84.6 cm³/mol. The van der Waals surface area contributed by atoms with Crippen LogP contribution in [-0.4, -0.2) is 29.8 Å². The molecule has 0 radical (unpaired) electrons. The van der Waals surface area contributed by atoms with Gasteiger partial charge in [-0.3, -0.25) is 4.79 Å². The molecule has 114 valence electrons. The first-order valence-electron chi connectivity index (χ1n) is 7.44. The number of carbonyl (C=O) groups excluding carboxylic acids is 2. The highest BCUT2D eigenvalue weighted by Gasteiger charge is 2.33. The topological polar surface area (TPSA) is 49.4 Å². The van der Waals surface area contributed by atoms with Gasteiger partial charge in [0.2, 0.25) is 0 Å². The number of ketones is 1. The smallest absolute Gasteiger partial charge is 0.321 e. The van der Waals surface area contributed by atoms with Crippen LogP contribution >= 0.6 is 0 Å². The molecule has 0 aromatic heterocycles. The van der Waals surface area contributed by atoms with Crippen LogP contribution in [0.3, 0.4) is 0 Å². The van der Waals surface area contributed by atoms with Crippen LogP contribution in [0.1, 0.15) is 44.5 Å². The summed E-state index contributed by atoms with van der Waals surface area (Å²) in [5, 5.41) is 2.90. The van der Waals surface area contributed by atoms with Gasteiger partial charge in [0.1, 0.15) is 0 Å². The van der Waals surface area contributed by atoms with E-state index in [1.54, 1.807) is 24.3 Å². The Hall–Kier alpha value is -1.84. The van der Waals surface area contributed by atoms with Gasteiger partial charge >= 0.3 is 6.03 Å². The summed E-state index contributed by atoms with van der Waals surface area (Å²) in [5.41, 5.74) is 1.62. The van der Waals surface area contributed by atoms with Crippen molar-refractivity contribution in [2.45, 2.75) is 34.1 Å². The number of urea groups is 1. The molecule has 0 spiro atoms. The Morgan fingerprint density at radius 1 is 1.19 bits per heavy atom. The van der Waals surface area contributed by atoms with E-state index in [0.29, 0.717) is 11.5 Å². The number of hydrogen-bond donors (Lipinski definition) is 1. The predicted octanol–water partition coefficient (Wildman–Crippen LogP) is 3.79. The molecule has 0 aliphatic carbocycles. The van der Waals surface area contributed by atoms with Crippen molar-refractivity contribution in [1.82, 2.24) is 4.90 Å². The molecule has 4 nitrogen and oxygen atoms in total. The number of anilines is 1. The lowest BCUT2D eigenvalue weighted by Gasteiger charge is -2.27. The lowest BCUT2D eigenvalue weighted by molar-refractivity contribution is 0.101. The summed E-state index contributed by atoms with van der Waals surface area (Å²) < 4.78 is 0. The largest absolute Gasteiger partial charge is 0.324 e. The molecular weight excluding hydrogens is 264 g/mol. The van der Waals surface area contributed by atoms with E-state index < -0.39 is 0 Å². The zero-order valence-electron chi connectivity index (χ0n) is 13.3. The summed E-state index contributed by atoms with van der Waals surface area (Å²) in [6, 6.07) is 6.95. The molecule has 1 unspecified atom stereocenters. The van der Waals surface area contributed by atoms with E-state index in [1.165, 1.54) is 6.92 Å². The van der Waals surface area contributed by atoms with E-state index in [0.717, 1.165) is 25.2 Å². The van der Waals surface area contributed by atoms with Gasteiger partial charge in [-0.25, -0.2) is 4.79 Å². The normalized spacial score (nSPS) is 18.7. The van der Waals surface area contributed by atoms with Crippen molar-refractivity contribution < 1.29 is 9.59 Å². The van der Waals surface area contributed by atoms with Crippen molar-refractivity contribution in [3.63, 3.8) is 0 Å². The molecule has 1 aliphatic rings. The SMILES string of the molecule is CC(=O)c1ccc(NC(=O)N2CCC(C(C)(C)C)C2)cc1. The molecule has 0 saturated carbocycles. The van der Waals surface area contributed by atoms with Crippen molar-refractivity contribution in [3.8, 4) is 0 Å². The van der Waals surface area contributed by atoms with Crippen molar-refractivity contribution in [1.29, 1.82) is 0 Å². The summed E-state index contributed by atoms with van der Waals surface area (Å²) in [6.45, 7) is 9.81. The van der Waals surface area contributed by atoms with Gasteiger partial charge in [-0.05, 0) is 48.9 Å². The van der Waals surface area contributed by atoms with Gasteiger partial charge in [0, 0.05) is 24.3 Å². The quantitative estimate of drug-likeness (QED) is 0.842. The molecule has 2 rings (SSSR count). The minimum Gasteiger partial charge on any atom is -0.324 e. The summed E-state index contributed by atoms with van der Waals surface area (Å²) >= 11 is 0. The maximum atomic E-state index is 12.3. The molecule has 1 heterocycles. The first-order chi connectivity index (χ1) is 9.77. The second kappa shape index (κ2) is 5.88. The fourth-order valence-corrected chi connectivity index (χ4v) is 2.64. The summed E-state index contributed by atoms with van der Waals surface area (Å²) in [5.74, 6) is 0.573. The highest BCUT2D eigenvalue weighted by molar-refractivity contribution is 5.95. The average Bonchev–Trinajstić information content (AvgIpc) is 2.88. The highest BCUT2D eigenvalue weighted by atomic mass is 16.2. The number of hydrogen-bond acceptors (Lipinski definition) is 2. The van der Waals surface area contributed by atoms with Gasteiger partial charge < -0.3 is 10.2 Å². The van der Waals surface area contributed by atoms with E-state index in [9.17, 15) is 9.59 Å². The van der Waals surface area contributed by atoms with Crippen LogP contribution < -0.4 is 5.32 Å². The van der Waals surface area contributed by atoms with Gasteiger partial charge in [-0.1, -0.05) is 20.8 Å². The van der Waals surface area contributed by atoms with Crippen molar-refractivity contribution in [2.24, 2.45) is 11.3 Å². The zero-order valence-corrected chi connectivity index (χ0v) is 13.3. The Kier molecular flexibility index (Phi) is 4.35. The molecule has 1 aromatic carbocycles. The molecule has 0 bridgehead atoms. The van der Waals surface area contributed by atoms with E-state index in [2.05, 4.69) is 26.1 Å². The van der Waals surface area contributed by atoms with Crippen molar-refractivity contribution >= 4 is 17.5 Å². The Labute approximate surface area is 126 Å². The first-order valence-corrected chi connectivity index (χ1v) is 7.44. The van der Waals surface area contributed by atoms with Gasteiger partial charge in [0.25, 0.3) is 0 Å². The Morgan fingerprint density at radius 3 is 2.29 bits per heavy atom. The summed E-state index contributed by atoms with van der Waals surface area (Å²) in [4.78, 5) is 25.3. The fraction of sp³-hybridized carbons (Fsp3) is 0.529. The Morgan fingerprint density at radius 2 is 1.81 bits per heavy atom. The lowest BCUT2D eigenvalue weighted by atomic mass is 9.80.